The van der Waals surface area contributed by atoms with Crippen LogP contribution in [0.2, 0.25) is 0 Å². The number of aryl methyl sites for hydroxylation is 1. The van der Waals surface area contributed by atoms with Crippen molar-refractivity contribution in [3.8, 4) is 0 Å². The molecule has 0 aliphatic heterocycles. The van der Waals surface area contributed by atoms with Gasteiger partial charge in [0.05, 0.1) is 12.5 Å². The van der Waals surface area contributed by atoms with Gasteiger partial charge in [0.2, 0.25) is 5.91 Å². The molecule has 0 aromatic carbocycles. The lowest BCUT2D eigenvalue weighted by Crippen LogP contribution is -2.36. The summed E-state index contributed by atoms with van der Waals surface area (Å²) in [6.07, 6.45) is 1.70. The summed E-state index contributed by atoms with van der Waals surface area (Å²) in [6, 6.07) is 0. The molecule has 3 N–H and O–H groups in total. The van der Waals surface area contributed by atoms with Crippen LogP contribution in [0.1, 0.15) is 37.3 Å². The van der Waals surface area contributed by atoms with Crippen LogP contribution >= 0.6 is 23.6 Å². The molecule has 0 saturated heterocycles. The first kappa shape index (κ1) is 16.3. The van der Waals surface area contributed by atoms with E-state index in [2.05, 4.69) is 24.1 Å². The molecule has 1 amide bonds. The minimum absolute atomic E-state index is 0.0710. The Balaban J connectivity index is 2.44. The molecule has 1 atom stereocenters. The molecule has 0 spiro atoms. The molecule has 0 aliphatic carbocycles. The van der Waals surface area contributed by atoms with Gasteiger partial charge in [0.1, 0.15) is 0 Å². The number of aliphatic hydroxyl groups is 1. The van der Waals surface area contributed by atoms with Crippen molar-refractivity contribution in [2.75, 3.05) is 6.54 Å². The second-order valence-corrected chi connectivity index (χ2v) is 6.46. The monoisotopic (exact) mass is 302 g/mol. The zero-order valence-electron chi connectivity index (χ0n) is 11.7. The van der Waals surface area contributed by atoms with E-state index in [1.807, 2.05) is 6.92 Å². The van der Waals surface area contributed by atoms with Crippen LogP contribution in [0, 0.1) is 16.8 Å². The first-order valence-electron chi connectivity index (χ1n) is 6.61. The maximum Gasteiger partial charge on any atom is 0.225 e. The molecule has 0 fully saturated rings. The number of amides is 1. The number of carbonyl (C=O) groups excluding carboxylic acids is 1. The second kappa shape index (κ2) is 7.77. The Bertz CT molecular complexity index is 463. The van der Waals surface area contributed by atoms with Crippen molar-refractivity contribution >= 4 is 29.5 Å². The van der Waals surface area contributed by atoms with Crippen LogP contribution in [0.4, 0.5) is 0 Å². The van der Waals surface area contributed by atoms with Gasteiger partial charge < -0.3 is 15.4 Å². The van der Waals surface area contributed by atoms with Crippen molar-refractivity contribution in [2.24, 2.45) is 5.92 Å². The first-order valence-corrected chi connectivity index (χ1v) is 7.83. The average molecular weight is 302 g/mol. The lowest BCUT2D eigenvalue weighted by Gasteiger charge is -2.20. The summed E-state index contributed by atoms with van der Waals surface area (Å²) in [5.74, 6) is 0.176. The van der Waals surface area contributed by atoms with Crippen LogP contribution in [0.3, 0.4) is 0 Å². The summed E-state index contributed by atoms with van der Waals surface area (Å²) in [7, 11) is 0. The quantitative estimate of drug-likeness (QED) is 0.678. The van der Waals surface area contributed by atoms with Gasteiger partial charge in [-0.15, -0.1) is 11.3 Å². The lowest BCUT2D eigenvalue weighted by atomic mass is 9.96. The van der Waals surface area contributed by atoms with E-state index in [1.165, 1.54) is 11.3 Å². The van der Waals surface area contributed by atoms with Gasteiger partial charge in [0.25, 0.3) is 0 Å². The van der Waals surface area contributed by atoms with E-state index in [4.69, 9.17) is 12.2 Å². The van der Waals surface area contributed by atoms with Crippen LogP contribution in [0.15, 0.2) is 0 Å². The standard InChI is InChI=1S/C13H22N2O2S2/c1-4-9(5-2)10(16)7-14-12(17)6-11-8(3)15-13(18)19-11/h9-10,16H,4-7H2,1-3H3,(H,14,17)(H,15,18). The Morgan fingerprint density at radius 1 is 1.47 bits per heavy atom. The molecule has 0 aliphatic rings. The molecule has 1 heterocycles. The lowest BCUT2D eigenvalue weighted by molar-refractivity contribution is -0.121. The number of thiazole rings is 1. The van der Waals surface area contributed by atoms with Gasteiger partial charge in [-0.1, -0.05) is 26.7 Å². The van der Waals surface area contributed by atoms with E-state index in [1.54, 1.807) is 0 Å². The van der Waals surface area contributed by atoms with Gasteiger partial charge >= 0.3 is 0 Å². The number of H-pyrrole nitrogens is 1. The third kappa shape index (κ3) is 5.04. The normalized spacial score (nSPS) is 12.7. The minimum Gasteiger partial charge on any atom is -0.391 e. The van der Waals surface area contributed by atoms with Crippen LogP contribution in [-0.4, -0.2) is 28.6 Å². The zero-order chi connectivity index (χ0) is 14.4. The molecule has 0 saturated carbocycles. The fourth-order valence-electron chi connectivity index (χ4n) is 2.03. The maximum atomic E-state index is 11.8. The molecule has 4 nitrogen and oxygen atoms in total. The molecule has 19 heavy (non-hydrogen) atoms. The van der Waals surface area contributed by atoms with Crippen molar-refractivity contribution < 1.29 is 9.90 Å². The number of carbonyl (C=O) groups is 1. The first-order chi connectivity index (χ1) is 8.97. The van der Waals surface area contributed by atoms with Gasteiger partial charge in [0, 0.05) is 17.1 Å². The predicted molar refractivity (Wildman–Crippen MR) is 81.0 cm³/mol. The van der Waals surface area contributed by atoms with E-state index in [0.717, 1.165) is 23.4 Å². The number of nitrogens with one attached hydrogen (secondary N) is 2. The SMILES string of the molecule is CCC(CC)C(O)CNC(=O)Cc1sc(=S)[nH]c1C. The molecule has 0 radical (unpaired) electrons. The predicted octanol–water partition coefficient (Wildman–Crippen LogP) is 2.57. The van der Waals surface area contributed by atoms with E-state index in [9.17, 15) is 9.90 Å². The van der Waals surface area contributed by atoms with Gasteiger partial charge in [-0.3, -0.25) is 4.79 Å². The zero-order valence-corrected chi connectivity index (χ0v) is 13.3. The van der Waals surface area contributed by atoms with Gasteiger partial charge in [-0.05, 0) is 25.1 Å². The van der Waals surface area contributed by atoms with Crippen LogP contribution in [0.25, 0.3) is 0 Å². The van der Waals surface area contributed by atoms with Crippen molar-refractivity contribution in [3.63, 3.8) is 0 Å². The van der Waals surface area contributed by atoms with Crippen molar-refractivity contribution in [1.82, 2.24) is 10.3 Å². The molecule has 1 aromatic heterocycles. The maximum absolute atomic E-state index is 11.8. The van der Waals surface area contributed by atoms with E-state index in [-0.39, 0.29) is 11.8 Å². The van der Waals surface area contributed by atoms with Crippen molar-refractivity contribution in [2.45, 2.75) is 46.1 Å². The van der Waals surface area contributed by atoms with Crippen molar-refractivity contribution in [1.29, 1.82) is 0 Å². The summed E-state index contributed by atoms with van der Waals surface area (Å²) >= 11 is 6.46. The summed E-state index contributed by atoms with van der Waals surface area (Å²) in [6.45, 7) is 6.33. The molecule has 108 valence electrons. The van der Waals surface area contributed by atoms with Crippen LogP contribution in [-0.2, 0) is 11.2 Å². The van der Waals surface area contributed by atoms with Gasteiger partial charge in [-0.25, -0.2) is 0 Å². The highest BCUT2D eigenvalue weighted by atomic mass is 32.1. The molecule has 1 unspecified atom stereocenters. The highest BCUT2D eigenvalue weighted by Gasteiger charge is 2.16. The van der Waals surface area contributed by atoms with Gasteiger partial charge in [0.15, 0.2) is 3.95 Å². The number of hydrogen-bond donors (Lipinski definition) is 3. The van der Waals surface area contributed by atoms with E-state index >= 15 is 0 Å². The molecule has 0 bridgehead atoms. The summed E-state index contributed by atoms with van der Waals surface area (Å²) < 4.78 is 0.692. The Morgan fingerprint density at radius 2 is 2.11 bits per heavy atom. The number of aliphatic hydroxyl groups excluding tert-OH is 1. The minimum atomic E-state index is -0.468. The van der Waals surface area contributed by atoms with E-state index < -0.39 is 6.10 Å². The number of aromatic amines is 1. The molecule has 1 aromatic rings. The van der Waals surface area contributed by atoms with Crippen LogP contribution < -0.4 is 5.32 Å². The largest absolute Gasteiger partial charge is 0.391 e. The topological polar surface area (TPSA) is 65.1 Å². The highest BCUT2D eigenvalue weighted by molar-refractivity contribution is 7.73. The number of aromatic nitrogens is 1. The fraction of sp³-hybridized carbons (Fsp3) is 0.692. The Labute approximate surface area is 123 Å². The Kier molecular flexibility index (Phi) is 6.68. The highest BCUT2D eigenvalue weighted by Crippen LogP contribution is 2.15. The van der Waals surface area contributed by atoms with Gasteiger partial charge in [-0.2, -0.15) is 0 Å². The Morgan fingerprint density at radius 3 is 2.58 bits per heavy atom. The molecular formula is C13H22N2O2S2. The Hall–Kier alpha value is -0.720. The molecule has 6 heteroatoms. The number of rotatable bonds is 7. The third-order valence-electron chi connectivity index (χ3n) is 3.35. The summed E-state index contributed by atoms with van der Waals surface area (Å²) in [4.78, 5) is 15.8. The molecule has 1 rings (SSSR count). The second-order valence-electron chi connectivity index (χ2n) is 4.69. The summed E-state index contributed by atoms with van der Waals surface area (Å²) in [5.41, 5.74) is 0.950. The van der Waals surface area contributed by atoms with E-state index in [0.29, 0.717) is 16.9 Å². The van der Waals surface area contributed by atoms with Crippen molar-refractivity contribution in [3.05, 3.63) is 14.5 Å². The smallest absolute Gasteiger partial charge is 0.225 e. The average Bonchev–Trinajstić information content (AvgIpc) is 2.67. The third-order valence-corrected chi connectivity index (χ3v) is 4.68. The number of hydrogen-bond acceptors (Lipinski definition) is 4. The molecular weight excluding hydrogens is 280 g/mol. The van der Waals surface area contributed by atoms with Crippen LogP contribution in [0.5, 0.6) is 0 Å². The summed E-state index contributed by atoms with van der Waals surface area (Å²) in [5, 5.41) is 12.7. The fourth-order valence-corrected chi connectivity index (χ4v) is 3.32.